The highest BCUT2D eigenvalue weighted by molar-refractivity contribution is 7.93. The Morgan fingerprint density at radius 2 is 1.94 bits per heavy atom. The van der Waals surface area contributed by atoms with Crippen molar-refractivity contribution in [1.29, 1.82) is 0 Å². The largest absolute Gasteiger partial charge is 0.476 e. The van der Waals surface area contributed by atoms with Crippen LogP contribution in [0.25, 0.3) is 0 Å². The van der Waals surface area contributed by atoms with Crippen molar-refractivity contribution in [3.63, 3.8) is 0 Å². The van der Waals surface area contributed by atoms with Crippen LogP contribution in [0.4, 0.5) is 15.6 Å². The molecule has 0 aliphatic heterocycles. The lowest BCUT2D eigenvalue weighted by atomic mass is 9.96. The zero-order chi connectivity index (χ0) is 24.5. The number of carboxylic acids is 1. The van der Waals surface area contributed by atoms with Crippen molar-refractivity contribution in [2.45, 2.75) is 35.0 Å². The Morgan fingerprint density at radius 1 is 1.21 bits per heavy atom. The highest BCUT2D eigenvalue weighted by Crippen LogP contribution is 2.32. The molecule has 178 valence electrons. The molecule has 16 heteroatoms. The standard InChI is InChI=1S/C18H18N8O6S2/c1-26-18(23-24-25-26)34(31,32)15-12(14(28)29)21-17(33-15)22-16(30)20-11-6-7-19-8-10(11)13(27)9-4-2-3-5-9/h6-9H,2-5H2,1H3,(H,28,29)(H2,19,20,21,22,30). The van der Waals surface area contributed by atoms with E-state index < -0.39 is 36.9 Å². The summed E-state index contributed by atoms with van der Waals surface area (Å²) in [5.41, 5.74) is -0.310. The number of anilines is 2. The minimum absolute atomic E-state index is 0.117. The number of urea groups is 1. The molecule has 1 aliphatic carbocycles. The number of amides is 2. The molecular weight excluding hydrogens is 488 g/mol. The molecule has 0 bridgehead atoms. The SMILES string of the molecule is Cn1nnnc1S(=O)(=O)c1sc(NC(=O)Nc2ccncc2C(=O)C2CCCC2)nc1C(=O)O. The minimum atomic E-state index is -4.43. The van der Waals surface area contributed by atoms with Crippen LogP contribution in [0.1, 0.15) is 46.5 Å². The second-order valence-electron chi connectivity index (χ2n) is 7.39. The molecule has 0 radical (unpaired) electrons. The van der Waals surface area contributed by atoms with E-state index in [1.165, 1.54) is 25.5 Å². The van der Waals surface area contributed by atoms with Crippen LogP contribution < -0.4 is 10.6 Å². The number of thiazole rings is 1. The number of ketones is 1. The third kappa shape index (κ3) is 4.49. The van der Waals surface area contributed by atoms with Gasteiger partial charge in [0.15, 0.2) is 20.8 Å². The van der Waals surface area contributed by atoms with Crippen molar-refractivity contribution < 1.29 is 27.9 Å². The molecule has 3 aromatic rings. The van der Waals surface area contributed by atoms with E-state index >= 15 is 0 Å². The number of carbonyl (C=O) groups excluding carboxylic acids is 2. The third-order valence-corrected chi connectivity index (χ3v) is 8.33. The number of aryl methyl sites for hydroxylation is 1. The van der Waals surface area contributed by atoms with Gasteiger partial charge in [-0.1, -0.05) is 29.3 Å². The van der Waals surface area contributed by atoms with Crippen LogP contribution in [-0.4, -0.2) is 61.5 Å². The van der Waals surface area contributed by atoms with E-state index in [9.17, 15) is 27.9 Å². The number of hydrogen-bond donors (Lipinski definition) is 3. The Labute approximate surface area is 196 Å². The topological polar surface area (TPSA) is 199 Å². The number of tetrazole rings is 1. The van der Waals surface area contributed by atoms with Gasteiger partial charge in [-0.25, -0.2) is 27.7 Å². The molecule has 0 spiro atoms. The molecule has 3 aromatic heterocycles. The summed E-state index contributed by atoms with van der Waals surface area (Å²) in [6.07, 6.45) is 6.26. The zero-order valence-electron chi connectivity index (χ0n) is 17.6. The lowest BCUT2D eigenvalue weighted by Gasteiger charge is -2.13. The fourth-order valence-electron chi connectivity index (χ4n) is 3.57. The van der Waals surface area contributed by atoms with Crippen molar-refractivity contribution in [1.82, 2.24) is 30.2 Å². The number of pyridine rings is 1. The fourth-order valence-corrected chi connectivity index (χ4v) is 6.23. The number of Topliss-reactive ketones (excluding diaryl/α,β-unsaturated/α-hetero) is 1. The number of sulfone groups is 1. The lowest BCUT2D eigenvalue weighted by molar-refractivity contribution is 0.0687. The van der Waals surface area contributed by atoms with E-state index in [0.29, 0.717) is 11.3 Å². The Hall–Kier alpha value is -3.79. The van der Waals surface area contributed by atoms with Gasteiger partial charge in [0.25, 0.3) is 15.0 Å². The molecule has 0 saturated heterocycles. The molecule has 1 aliphatic rings. The number of aromatic carboxylic acids is 1. The van der Waals surface area contributed by atoms with Crippen LogP contribution in [0.2, 0.25) is 0 Å². The number of rotatable bonds is 7. The van der Waals surface area contributed by atoms with Crippen molar-refractivity contribution in [3.8, 4) is 0 Å². The molecule has 1 fully saturated rings. The van der Waals surface area contributed by atoms with Crippen molar-refractivity contribution in [3.05, 3.63) is 29.7 Å². The summed E-state index contributed by atoms with van der Waals surface area (Å²) >= 11 is 0.431. The van der Waals surface area contributed by atoms with Crippen LogP contribution in [0, 0.1) is 5.92 Å². The van der Waals surface area contributed by atoms with E-state index in [-0.39, 0.29) is 28.1 Å². The Balaban J connectivity index is 1.57. The molecule has 0 atom stereocenters. The number of aromatic nitrogens is 6. The van der Waals surface area contributed by atoms with Gasteiger partial charge in [0.2, 0.25) is 0 Å². The first-order chi connectivity index (χ1) is 16.2. The van der Waals surface area contributed by atoms with E-state index in [1.807, 2.05) is 0 Å². The predicted molar refractivity (Wildman–Crippen MR) is 116 cm³/mol. The molecular formula is C18H18N8O6S2. The molecule has 2 amide bonds. The smallest absolute Gasteiger partial charge is 0.356 e. The maximum Gasteiger partial charge on any atom is 0.356 e. The van der Waals surface area contributed by atoms with Crippen LogP contribution in [0.15, 0.2) is 27.8 Å². The number of nitrogens with one attached hydrogen (secondary N) is 2. The first-order valence-corrected chi connectivity index (χ1v) is 12.3. The van der Waals surface area contributed by atoms with Crippen LogP contribution in [0.5, 0.6) is 0 Å². The predicted octanol–water partition coefficient (Wildman–Crippen LogP) is 1.61. The van der Waals surface area contributed by atoms with Gasteiger partial charge in [-0.2, -0.15) is 0 Å². The molecule has 3 heterocycles. The zero-order valence-corrected chi connectivity index (χ0v) is 19.3. The van der Waals surface area contributed by atoms with Gasteiger partial charge in [0, 0.05) is 25.4 Å². The Morgan fingerprint density at radius 3 is 2.59 bits per heavy atom. The Kier molecular flexibility index (Phi) is 6.34. The van der Waals surface area contributed by atoms with Crippen LogP contribution >= 0.6 is 11.3 Å². The molecule has 0 aromatic carbocycles. The summed E-state index contributed by atoms with van der Waals surface area (Å²) in [7, 11) is -3.15. The highest BCUT2D eigenvalue weighted by atomic mass is 32.2. The molecule has 14 nitrogen and oxygen atoms in total. The fraction of sp³-hybridized carbons (Fsp3) is 0.333. The van der Waals surface area contributed by atoms with E-state index in [1.54, 1.807) is 0 Å². The summed E-state index contributed by atoms with van der Waals surface area (Å²) in [6, 6.07) is 0.616. The van der Waals surface area contributed by atoms with Gasteiger partial charge in [-0.3, -0.25) is 15.1 Å². The number of hydrogen-bond acceptors (Lipinski definition) is 11. The molecule has 34 heavy (non-hydrogen) atoms. The average molecular weight is 507 g/mol. The molecule has 0 unspecified atom stereocenters. The molecule has 1 saturated carbocycles. The van der Waals surface area contributed by atoms with Gasteiger partial charge < -0.3 is 10.4 Å². The number of nitrogens with zero attached hydrogens (tertiary/aromatic N) is 6. The first kappa shape index (κ1) is 23.4. The van der Waals surface area contributed by atoms with Crippen molar-refractivity contribution >= 4 is 49.8 Å². The normalized spacial score (nSPS) is 14.1. The third-order valence-electron chi connectivity index (χ3n) is 5.15. The number of carbonyl (C=O) groups is 3. The van der Waals surface area contributed by atoms with Gasteiger partial charge in [-0.15, -0.1) is 0 Å². The second-order valence-corrected chi connectivity index (χ2v) is 10.4. The minimum Gasteiger partial charge on any atom is -0.476 e. The van der Waals surface area contributed by atoms with Gasteiger partial charge in [0.1, 0.15) is 0 Å². The Bertz CT molecular complexity index is 1380. The summed E-state index contributed by atoms with van der Waals surface area (Å²) in [5, 5.41) is 23.5. The van der Waals surface area contributed by atoms with Crippen molar-refractivity contribution in [2.24, 2.45) is 13.0 Å². The lowest BCUT2D eigenvalue weighted by Crippen LogP contribution is -2.22. The van der Waals surface area contributed by atoms with E-state index in [4.69, 9.17) is 0 Å². The number of carboxylic acid groups (broad SMARTS) is 1. The molecule has 3 N–H and O–H groups in total. The quantitative estimate of drug-likeness (QED) is 0.393. The highest BCUT2D eigenvalue weighted by Gasteiger charge is 2.34. The van der Waals surface area contributed by atoms with E-state index in [0.717, 1.165) is 30.4 Å². The van der Waals surface area contributed by atoms with Crippen molar-refractivity contribution in [2.75, 3.05) is 10.6 Å². The monoisotopic (exact) mass is 506 g/mol. The summed E-state index contributed by atoms with van der Waals surface area (Å²) in [6.45, 7) is 0. The van der Waals surface area contributed by atoms with Crippen LogP contribution in [0.3, 0.4) is 0 Å². The summed E-state index contributed by atoms with van der Waals surface area (Å²) < 4.78 is 25.9. The van der Waals surface area contributed by atoms with E-state index in [2.05, 4.69) is 36.1 Å². The second kappa shape index (κ2) is 9.22. The van der Waals surface area contributed by atoms with Gasteiger partial charge >= 0.3 is 12.0 Å². The first-order valence-electron chi connectivity index (χ1n) is 9.96. The maximum absolute atomic E-state index is 12.8. The van der Waals surface area contributed by atoms with Crippen LogP contribution in [-0.2, 0) is 16.9 Å². The summed E-state index contributed by atoms with van der Waals surface area (Å²) in [4.78, 5) is 44.7. The van der Waals surface area contributed by atoms with Gasteiger partial charge in [-0.05, 0) is 29.3 Å². The summed E-state index contributed by atoms with van der Waals surface area (Å²) in [5.74, 6) is -1.86. The molecule has 4 rings (SSSR count). The van der Waals surface area contributed by atoms with Gasteiger partial charge in [0.05, 0.1) is 11.3 Å². The average Bonchev–Trinajstić information content (AvgIpc) is 3.54. The maximum atomic E-state index is 12.8.